The molecular formula is C6H15NO3S. The lowest BCUT2D eigenvalue weighted by molar-refractivity contribution is 0.167. The first-order valence-corrected chi connectivity index (χ1v) is 4.49. The number of nitrogens with zero attached hydrogens (tertiary/aromatic N) is 1. The lowest BCUT2D eigenvalue weighted by atomic mass is 10.5. The summed E-state index contributed by atoms with van der Waals surface area (Å²) in [7, 11) is 0. The molecule has 0 radical (unpaired) electrons. The van der Waals surface area contributed by atoms with Crippen molar-refractivity contribution in [2.75, 3.05) is 38.6 Å². The van der Waals surface area contributed by atoms with Crippen LogP contribution < -0.4 is 0 Å². The molecule has 0 saturated carbocycles. The first-order valence-electron chi connectivity index (χ1n) is 3.55. The summed E-state index contributed by atoms with van der Waals surface area (Å²) in [6.45, 7) is 2.00. The second kappa shape index (κ2) is 8.29. The van der Waals surface area contributed by atoms with Crippen molar-refractivity contribution in [3.8, 4) is 0 Å². The molecule has 0 aromatic carbocycles. The largest absolute Gasteiger partial charge is 0.395 e. The van der Waals surface area contributed by atoms with E-state index >= 15 is 0 Å². The minimum Gasteiger partial charge on any atom is -0.395 e. The van der Waals surface area contributed by atoms with Crippen molar-refractivity contribution in [1.29, 1.82) is 0 Å². The summed E-state index contributed by atoms with van der Waals surface area (Å²) in [5.74, 6) is 0.611. The Morgan fingerprint density at radius 3 is 1.91 bits per heavy atom. The van der Waals surface area contributed by atoms with Crippen LogP contribution in [0.5, 0.6) is 0 Å². The molecule has 4 nitrogen and oxygen atoms in total. The minimum atomic E-state index is 0.0933. The molecule has 0 aliphatic heterocycles. The van der Waals surface area contributed by atoms with Crippen molar-refractivity contribution in [3.63, 3.8) is 0 Å². The van der Waals surface area contributed by atoms with Gasteiger partial charge in [-0.25, -0.2) is 0 Å². The zero-order valence-electron chi connectivity index (χ0n) is 6.44. The van der Waals surface area contributed by atoms with E-state index in [9.17, 15) is 0 Å². The fourth-order valence-electron chi connectivity index (χ4n) is 0.788. The van der Waals surface area contributed by atoms with Crippen LogP contribution in [0.2, 0.25) is 0 Å². The van der Waals surface area contributed by atoms with E-state index in [0.717, 1.165) is 12.0 Å². The van der Waals surface area contributed by atoms with Crippen molar-refractivity contribution in [3.05, 3.63) is 0 Å². The molecule has 0 spiro atoms. The van der Waals surface area contributed by atoms with Crippen LogP contribution in [0.25, 0.3) is 0 Å². The van der Waals surface area contributed by atoms with Crippen molar-refractivity contribution in [2.24, 2.45) is 0 Å². The van der Waals surface area contributed by atoms with Gasteiger partial charge >= 0.3 is 0 Å². The Bertz CT molecular complexity index is 78.2. The Labute approximate surface area is 71.0 Å². The summed E-state index contributed by atoms with van der Waals surface area (Å²) in [6, 6.07) is 0. The van der Waals surface area contributed by atoms with E-state index in [0.29, 0.717) is 25.4 Å². The van der Waals surface area contributed by atoms with Crippen molar-refractivity contribution in [2.45, 2.75) is 0 Å². The van der Waals surface area contributed by atoms with Crippen LogP contribution in [0.15, 0.2) is 0 Å². The van der Waals surface area contributed by atoms with E-state index in [-0.39, 0.29) is 13.2 Å². The summed E-state index contributed by atoms with van der Waals surface area (Å²) < 4.78 is 8.42. The van der Waals surface area contributed by atoms with Gasteiger partial charge in [-0.05, 0) is 12.0 Å². The summed E-state index contributed by atoms with van der Waals surface area (Å²) >= 11 is 0.777. The van der Waals surface area contributed by atoms with E-state index in [2.05, 4.69) is 0 Å². The molecule has 0 heterocycles. The van der Waals surface area contributed by atoms with Crippen molar-refractivity contribution in [1.82, 2.24) is 4.90 Å². The Morgan fingerprint density at radius 1 is 1.00 bits per heavy atom. The van der Waals surface area contributed by atoms with Gasteiger partial charge in [-0.15, -0.1) is 0 Å². The SMILES string of the molecule is OCCN(CCO)CCSO. The highest BCUT2D eigenvalue weighted by Gasteiger charge is 2.01. The van der Waals surface area contributed by atoms with Crippen LogP contribution in [-0.4, -0.2) is 58.3 Å². The Balaban J connectivity index is 3.34. The summed E-state index contributed by atoms with van der Waals surface area (Å²) in [5.41, 5.74) is 0. The molecule has 0 aromatic heterocycles. The Hall–Kier alpha value is 0.190. The van der Waals surface area contributed by atoms with Gasteiger partial charge in [-0.3, -0.25) is 4.90 Å². The minimum absolute atomic E-state index is 0.0933. The standard InChI is InChI=1S/C6H15NO3S/c8-4-1-7(2-5-9)3-6-11-10/h8-10H,1-6H2. The Kier molecular flexibility index (Phi) is 8.43. The predicted octanol–water partition coefficient (Wildman–Crippen LogP) is -0.521. The monoisotopic (exact) mass is 181 g/mol. The molecule has 0 aliphatic carbocycles. The first-order chi connectivity index (χ1) is 5.35. The van der Waals surface area contributed by atoms with Crippen LogP contribution in [0.4, 0.5) is 0 Å². The van der Waals surface area contributed by atoms with E-state index in [4.69, 9.17) is 14.8 Å². The molecule has 11 heavy (non-hydrogen) atoms. The molecule has 0 atom stereocenters. The van der Waals surface area contributed by atoms with Gasteiger partial charge in [0.2, 0.25) is 0 Å². The van der Waals surface area contributed by atoms with Crippen molar-refractivity contribution < 1.29 is 14.8 Å². The maximum Gasteiger partial charge on any atom is 0.0558 e. The molecule has 0 amide bonds. The predicted molar refractivity (Wildman–Crippen MR) is 45.7 cm³/mol. The summed E-state index contributed by atoms with van der Waals surface area (Å²) in [6.07, 6.45) is 0. The van der Waals surface area contributed by atoms with Gasteiger partial charge in [0.15, 0.2) is 0 Å². The zero-order chi connectivity index (χ0) is 8.53. The van der Waals surface area contributed by atoms with Crippen LogP contribution in [0.3, 0.4) is 0 Å². The van der Waals surface area contributed by atoms with Crippen LogP contribution in [-0.2, 0) is 0 Å². The molecular weight excluding hydrogens is 166 g/mol. The lowest BCUT2D eigenvalue weighted by Gasteiger charge is -2.18. The molecule has 0 bridgehead atoms. The average Bonchev–Trinajstić information content (AvgIpc) is 2.01. The van der Waals surface area contributed by atoms with Gasteiger partial charge in [0, 0.05) is 25.4 Å². The second-order valence-corrected chi connectivity index (χ2v) is 2.79. The van der Waals surface area contributed by atoms with Gasteiger partial charge in [0.25, 0.3) is 0 Å². The number of rotatable bonds is 7. The average molecular weight is 181 g/mol. The highest BCUT2D eigenvalue weighted by molar-refractivity contribution is 7.93. The fourth-order valence-corrected chi connectivity index (χ4v) is 1.13. The van der Waals surface area contributed by atoms with Gasteiger partial charge in [-0.2, -0.15) is 0 Å². The normalized spacial score (nSPS) is 10.9. The summed E-state index contributed by atoms with van der Waals surface area (Å²) in [4.78, 5) is 1.89. The quantitative estimate of drug-likeness (QED) is 0.461. The highest BCUT2D eigenvalue weighted by atomic mass is 32.2. The smallest absolute Gasteiger partial charge is 0.0558 e. The third kappa shape index (κ3) is 6.58. The number of hydrogen-bond donors (Lipinski definition) is 3. The van der Waals surface area contributed by atoms with Crippen LogP contribution in [0, 0.1) is 0 Å². The molecule has 0 rings (SSSR count). The third-order valence-electron chi connectivity index (χ3n) is 1.33. The fraction of sp³-hybridized carbons (Fsp3) is 1.00. The third-order valence-corrected chi connectivity index (χ3v) is 1.70. The van der Waals surface area contributed by atoms with E-state index in [1.54, 1.807) is 0 Å². The maximum atomic E-state index is 8.57. The van der Waals surface area contributed by atoms with Crippen LogP contribution >= 0.6 is 12.0 Å². The second-order valence-electron chi connectivity index (χ2n) is 2.12. The molecule has 0 fully saturated rings. The van der Waals surface area contributed by atoms with Gasteiger partial charge in [0.1, 0.15) is 0 Å². The zero-order valence-corrected chi connectivity index (χ0v) is 7.26. The first kappa shape index (κ1) is 11.2. The number of hydrogen-bond acceptors (Lipinski definition) is 5. The Morgan fingerprint density at radius 2 is 1.55 bits per heavy atom. The number of aliphatic hydroxyl groups is 2. The molecule has 3 N–H and O–H groups in total. The molecule has 5 heteroatoms. The topological polar surface area (TPSA) is 63.9 Å². The van der Waals surface area contributed by atoms with Gasteiger partial charge in [0.05, 0.1) is 13.2 Å². The lowest BCUT2D eigenvalue weighted by Crippen LogP contribution is -2.31. The molecule has 0 aliphatic rings. The molecule has 0 saturated heterocycles. The van der Waals surface area contributed by atoms with E-state index in [1.165, 1.54) is 0 Å². The molecule has 0 unspecified atom stereocenters. The van der Waals surface area contributed by atoms with E-state index in [1.807, 2.05) is 4.90 Å². The maximum absolute atomic E-state index is 8.57. The van der Waals surface area contributed by atoms with Crippen molar-refractivity contribution >= 4 is 12.0 Å². The van der Waals surface area contributed by atoms with Gasteiger partial charge in [-0.1, -0.05) is 0 Å². The highest BCUT2D eigenvalue weighted by Crippen LogP contribution is 1.93. The number of aliphatic hydroxyl groups excluding tert-OH is 2. The van der Waals surface area contributed by atoms with Crippen LogP contribution in [0.1, 0.15) is 0 Å². The summed E-state index contributed by atoms with van der Waals surface area (Å²) in [5, 5.41) is 17.1. The molecule has 0 aromatic rings. The molecule has 68 valence electrons. The van der Waals surface area contributed by atoms with Gasteiger partial charge < -0.3 is 14.8 Å². The van der Waals surface area contributed by atoms with E-state index < -0.39 is 0 Å².